The number of anilines is 2. The van der Waals surface area contributed by atoms with Gasteiger partial charge in [0.1, 0.15) is 11.6 Å². The van der Waals surface area contributed by atoms with E-state index >= 15 is 0 Å². The monoisotopic (exact) mass is 406 g/mol. The van der Waals surface area contributed by atoms with Crippen molar-refractivity contribution in [3.8, 4) is 0 Å². The molecule has 2 aromatic rings. The van der Waals surface area contributed by atoms with Gasteiger partial charge in [-0.1, -0.05) is 25.5 Å². The first-order valence-electron chi connectivity index (χ1n) is 9.16. The highest BCUT2D eigenvalue weighted by Crippen LogP contribution is 2.17. The Morgan fingerprint density at radius 3 is 2.55 bits per heavy atom. The minimum absolute atomic E-state index is 0.0370. The highest BCUT2D eigenvalue weighted by molar-refractivity contribution is 5.98. The highest BCUT2D eigenvalue weighted by atomic mass is 19.1. The zero-order valence-corrected chi connectivity index (χ0v) is 16.2. The first-order valence-corrected chi connectivity index (χ1v) is 9.16. The number of H-pyrrole nitrogens is 1. The van der Waals surface area contributed by atoms with E-state index in [2.05, 4.69) is 4.98 Å². The Labute approximate surface area is 165 Å². The van der Waals surface area contributed by atoms with Crippen LogP contribution in [0.5, 0.6) is 0 Å². The van der Waals surface area contributed by atoms with Crippen LogP contribution >= 0.6 is 0 Å². The second kappa shape index (κ2) is 9.67. The van der Waals surface area contributed by atoms with Gasteiger partial charge < -0.3 is 15.4 Å². The van der Waals surface area contributed by atoms with Gasteiger partial charge in [0.25, 0.3) is 11.5 Å². The van der Waals surface area contributed by atoms with Crippen molar-refractivity contribution in [1.82, 2.24) is 9.55 Å². The molecule has 156 valence electrons. The van der Waals surface area contributed by atoms with Crippen LogP contribution in [0.2, 0.25) is 0 Å². The fraction of sp³-hybridized carbons (Fsp3) is 0.368. The summed E-state index contributed by atoms with van der Waals surface area (Å²) in [5.74, 6) is -2.68. The molecule has 10 heteroatoms. The second-order valence-corrected chi connectivity index (χ2v) is 6.19. The number of esters is 1. The van der Waals surface area contributed by atoms with Crippen LogP contribution in [0.4, 0.5) is 15.9 Å². The van der Waals surface area contributed by atoms with Crippen molar-refractivity contribution in [2.24, 2.45) is 0 Å². The molecule has 2 rings (SSSR count). The number of carbonyl (C=O) groups is 2. The Hall–Kier alpha value is -3.43. The number of carbonyl (C=O) groups excluding carboxylic acids is 2. The van der Waals surface area contributed by atoms with E-state index in [9.17, 15) is 23.6 Å². The molecule has 0 aliphatic rings. The molecule has 9 nitrogen and oxygen atoms in total. The van der Waals surface area contributed by atoms with Crippen molar-refractivity contribution >= 4 is 23.4 Å². The van der Waals surface area contributed by atoms with E-state index in [-0.39, 0.29) is 30.2 Å². The molecular weight excluding hydrogens is 383 g/mol. The Morgan fingerprint density at radius 1 is 1.24 bits per heavy atom. The maximum atomic E-state index is 13.7. The summed E-state index contributed by atoms with van der Waals surface area (Å²) in [4.78, 5) is 52.0. The molecule has 1 aromatic carbocycles. The quantitative estimate of drug-likeness (QED) is 0.636. The van der Waals surface area contributed by atoms with Crippen molar-refractivity contribution in [2.45, 2.75) is 33.2 Å². The predicted octanol–water partition coefficient (Wildman–Crippen LogP) is 1.27. The third-order valence-electron chi connectivity index (χ3n) is 4.26. The molecule has 0 bridgehead atoms. The molecule has 0 aliphatic carbocycles. The summed E-state index contributed by atoms with van der Waals surface area (Å²) in [6.45, 7) is 3.11. The number of ether oxygens (including phenoxy) is 1. The normalized spacial score (nSPS) is 10.6. The molecule has 0 unspecified atom stereocenters. The summed E-state index contributed by atoms with van der Waals surface area (Å²) in [7, 11) is 0. The number of hydrogen-bond acceptors (Lipinski definition) is 6. The number of halogens is 1. The summed E-state index contributed by atoms with van der Waals surface area (Å²) in [5, 5.41) is 0. The van der Waals surface area contributed by atoms with Gasteiger partial charge in [-0.3, -0.25) is 19.1 Å². The molecule has 0 fully saturated rings. The summed E-state index contributed by atoms with van der Waals surface area (Å²) in [5.41, 5.74) is 4.00. The standard InChI is InChI=1S/C19H23FN4O5/c1-3-5-10-24-16(21)15(17(26)22-19(24)28)23(4-2)14(25)11-29-18(27)12-8-6-7-9-13(12)20/h6-9H,3-5,10-11,21H2,1-2H3,(H,22,26,28). The Balaban J connectivity index is 2.25. The van der Waals surface area contributed by atoms with E-state index in [1.165, 1.54) is 22.8 Å². The molecule has 0 atom stereocenters. The molecule has 0 radical (unpaired) electrons. The van der Waals surface area contributed by atoms with Gasteiger partial charge in [0.2, 0.25) is 0 Å². The molecule has 1 aromatic heterocycles. The molecule has 0 aliphatic heterocycles. The molecule has 0 saturated carbocycles. The maximum Gasteiger partial charge on any atom is 0.341 e. The van der Waals surface area contributed by atoms with Gasteiger partial charge in [0.05, 0.1) is 5.56 Å². The van der Waals surface area contributed by atoms with Crippen LogP contribution in [0.15, 0.2) is 33.9 Å². The number of likely N-dealkylation sites (N-methyl/N-ethyl adjacent to an activating group) is 1. The summed E-state index contributed by atoms with van der Waals surface area (Å²) >= 11 is 0. The zero-order chi connectivity index (χ0) is 21.6. The summed E-state index contributed by atoms with van der Waals surface area (Å²) < 4.78 is 19.7. The van der Waals surface area contributed by atoms with Gasteiger partial charge in [0.15, 0.2) is 12.3 Å². The topological polar surface area (TPSA) is 127 Å². The first kappa shape index (κ1) is 21.9. The molecule has 29 heavy (non-hydrogen) atoms. The third kappa shape index (κ3) is 4.89. The lowest BCUT2D eigenvalue weighted by molar-refractivity contribution is -0.121. The number of benzene rings is 1. The van der Waals surface area contributed by atoms with Crippen LogP contribution in [0.3, 0.4) is 0 Å². The number of amides is 1. The van der Waals surface area contributed by atoms with Gasteiger partial charge in [-0.2, -0.15) is 0 Å². The Bertz CT molecular complexity index is 1010. The van der Waals surface area contributed by atoms with Crippen molar-refractivity contribution in [2.75, 3.05) is 23.8 Å². The van der Waals surface area contributed by atoms with Crippen LogP contribution in [0.1, 0.15) is 37.0 Å². The van der Waals surface area contributed by atoms with Crippen LogP contribution in [-0.2, 0) is 16.1 Å². The number of unbranched alkanes of at least 4 members (excludes halogenated alkanes) is 1. The van der Waals surface area contributed by atoms with Crippen LogP contribution in [0, 0.1) is 5.82 Å². The fourth-order valence-electron chi connectivity index (χ4n) is 2.75. The minimum atomic E-state index is -1.01. The third-order valence-corrected chi connectivity index (χ3v) is 4.26. The fourth-order valence-corrected chi connectivity index (χ4v) is 2.75. The largest absolute Gasteiger partial charge is 0.452 e. The number of aromatic amines is 1. The van der Waals surface area contributed by atoms with Crippen molar-refractivity contribution in [1.29, 1.82) is 0 Å². The summed E-state index contributed by atoms with van der Waals surface area (Å²) in [6.07, 6.45) is 1.44. The predicted molar refractivity (Wildman–Crippen MR) is 105 cm³/mol. The number of rotatable bonds is 8. The van der Waals surface area contributed by atoms with E-state index in [0.29, 0.717) is 6.42 Å². The summed E-state index contributed by atoms with van der Waals surface area (Å²) in [6, 6.07) is 5.20. The van der Waals surface area contributed by atoms with Crippen LogP contribution in [0.25, 0.3) is 0 Å². The molecular formula is C19H23FN4O5. The lowest BCUT2D eigenvalue weighted by atomic mass is 10.2. The Kier molecular flexibility index (Phi) is 7.29. The SMILES string of the molecule is CCCCn1c(N)c(N(CC)C(=O)COC(=O)c2ccccc2F)c(=O)[nH]c1=O. The molecule has 3 N–H and O–H groups in total. The molecule has 0 saturated heterocycles. The number of nitrogens with one attached hydrogen (secondary N) is 1. The molecule has 0 spiro atoms. The van der Waals surface area contributed by atoms with Crippen LogP contribution in [-0.4, -0.2) is 34.6 Å². The van der Waals surface area contributed by atoms with E-state index < -0.39 is 35.5 Å². The lowest BCUT2D eigenvalue weighted by Gasteiger charge is -2.23. The first-order chi connectivity index (χ1) is 13.8. The minimum Gasteiger partial charge on any atom is -0.452 e. The zero-order valence-electron chi connectivity index (χ0n) is 16.2. The average Bonchev–Trinajstić information content (AvgIpc) is 2.69. The molecule has 1 amide bonds. The van der Waals surface area contributed by atoms with E-state index in [0.717, 1.165) is 17.4 Å². The average molecular weight is 406 g/mol. The van der Waals surface area contributed by atoms with Gasteiger partial charge in [-0.05, 0) is 25.5 Å². The number of nitrogens with zero attached hydrogens (tertiary/aromatic N) is 2. The lowest BCUT2D eigenvalue weighted by Crippen LogP contribution is -2.42. The van der Waals surface area contributed by atoms with Gasteiger partial charge in [-0.25, -0.2) is 14.0 Å². The molecule has 1 heterocycles. The number of nitrogen functional groups attached to an aromatic ring is 1. The van der Waals surface area contributed by atoms with Gasteiger partial charge >= 0.3 is 11.7 Å². The number of hydrogen-bond donors (Lipinski definition) is 2. The van der Waals surface area contributed by atoms with Crippen molar-refractivity contribution < 1.29 is 18.7 Å². The van der Waals surface area contributed by atoms with Crippen molar-refractivity contribution in [3.05, 3.63) is 56.5 Å². The van der Waals surface area contributed by atoms with Crippen molar-refractivity contribution in [3.63, 3.8) is 0 Å². The highest BCUT2D eigenvalue weighted by Gasteiger charge is 2.24. The van der Waals surface area contributed by atoms with Crippen LogP contribution < -0.4 is 21.9 Å². The smallest absolute Gasteiger partial charge is 0.341 e. The van der Waals surface area contributed by atoms with Gasteiger partial charge in [0, 0.05) is 13.1 Å². The number of aromatic nitrogens is 2. The second-order valence-electron chi connectivity index (χ2n) is 6.19. The Morgan fingerprint density at radius 2 is 1.93 bits per heavy atom. The van der Waals surface area contributed by atoms with E-state index in [4.69, 9.17) is 10.5 Å². The van der Waals surface area contributed by atoms with E-state index in [1.54, 1.807) is 6.92 Å². The number of nitrogens with two attached hydrogens (primary N) is 1. The van der Waals surface area contributed by atoms with E-state index in [1.807, 2.05) is 6.92 Å². The van der Waals surface area contributed by atoms with Gasteiger partial charge in [-0.15, -0.1) is 0 Å². The maximum absolute atomic E-state index is 13.7.